The monoisotopic (exact) mass is 400 g/mol. The van der Waals surface area contributed by atoms with E-state index >= 15 is 0 Å². The number of esters is 2. The van der Waals surface area contributed by atoms with Gasteiger partial charge in [-0.15, -0.1) is 0 Å². The van der Waals surface area contributed by atoms with Crippen LogP contribution in [0.4, 0.5) is 0 Å². The standard InChI is InChI=1S/C26H24O4/c1-4-19-16-22(12-15-24(19)21-8-6-5-7-9-21)20-10-13-23(14-11-20)30-25(27)17-29-26(28)18(2)3/h5-16H,2,4,17H2,1,3H3. The Balaban J connectivity index is 1.71. The average molecular weight is 400 g/mol. The summed E-state index contributed by atoms with van der Waals surface area (Å²) in [6.07, 6.45) is 0.927. The van der Waals surface area contributed by atoms with Crippen LogP contribution in [0.3, 0.4) is 0 Å². The van der Waals surface area contributed by atoms with Crippen molar-refractivity contribution in [2.45, 2.75) is 20.3 Å². The number of carbonyl (C=O) groups is 2. The fourth-order valence-corrected chi connectivity index (χ4v) is 3.09. The summed E-state index contributed by atoms with van der Waals surface area (Å²) < 4.78 is 10.0. The summed E-state index contributed by atoms with van der Waals surface area (Å²) in [5.74, 6) is -0.863. The highest BCUT2D eigenvalue weighted by molar-refractivity contribution is 5.88. The van der Waals surface area contributed by atoms with Crippen LogP contribution in [0.15, 0.2) is 84.9 Å². The Morgan fingerprint density at radius 2 is 1.53 bits per heavy atom. The molecule has 0 saturated heterocycles. The maximum Gasteiger partial charge on any atom is 0.349 e. The summed E-state index contributed by atoms with van der Waals surface area (Å²) in [4.78, 5) is 23.2. The van der Waals surface area contributed by atoms with Crippen molar-refractivity contribution in [3.05, 3.63) is 90.5 Å². The molecule has 0 bridgehead atoms. The Morgan fingerprint density at radius 3 is 2.17 bits per heavy atom. The number of aryl methyl sites for hydroxylation is 1. The fourth-order valence-electron chi connectivity index (χ4n) is 3.09. The highest BCUT2D eigenvalue weighted by Gasteiger charge is 2.11. The van der Waals surface area contributed by atoms with Crippen molar-refractivity contribution in [1.29, 1.82) is 0 Å². The lowest BCUT2D eigenvalue weighted by Crippen LogP contribution is -2.18. The summed E-state index contributed by atoms with van der Waals surface area (Å²) in [6.45, 7) is 6.68. The molecule has 152 valence electrons. The lowest BCUT2D eigenvalue weighted by atomic mass is 9.94. The lowest BCUT2D eigenvalue weighted by molar-refractivity contribution is -0.150. The van der Waals surface area contributed by atoms with E-state index in [0.29, 0.717) is 5.75 Å². The van der Waals surface area contributed by atoms with Crippen LogP contribution in [0.2, 0.25) is 0 Å². The molecule has 0 radical (unpaired) electrons. The van der Waals surface area contributed by atoms with Crippen LogP contribution >= 0.6 is 0 Å². The second kappa shape index (κ2) is 9.70. The van der Waals surface area contributed by atoms with Crippen molar-refractivity contribution in [1.82, 2.24) is 0 Å². The maximum absolute atomic E-state index is 11.8. The molecule has 0 heterocycles. The number of carbonyl (C=O) groups excluding carboxylic acids is 2. The van der Waals surface area contributed by atoms with Crippen molar-refractivity contribution in [2.75, 3.05) is 6.61 Å². The fraction of sp³-hybridized carbons (Fsp3) is 0.154. The van der Waals surface area contributed by atoms with Gasteiger partial charge < -0.3 is 9.47 Å². The van der Waals surface area contributed by atoms with Gasteiger partial charge in [-0.05, 0) is 53.3 Å². The maximum atomic E-state index is 11.8. The van der Waals surface area contributed by atoms with Crippen molar-refractivity contribution in [3.8, 4) is 28.0 Å². The lowest BCUT2D eigenvalue weighted by Gasteiger charge is -2.12. The van der Waals surface area contributed by atoms with Gasteiger partial charge in [0.15, 0.2) is 6.61 Å². The molecule has 3 rings (SSSR count). The molecule has 0 atom stereocenters. The van der Waals surface area contributed by atoms with Gasteiger partial charge in [0.2, 0.25) is 0 Å². The molecule has 4 heteroatoms. The van der Waals surface area contributed by atoms with Crippen LogP contribution < -0.4 is 4.74 Å². The van der Waals surface area contributed by atoms with E-state index in [4.69, 9.17) is 9.47 Å². The second-order valence-corrected chi connectivity index (χ2v) is 6.95. The van der Waals surface area contributed by atoms with Crippen LogP contribution in [-0.2, 0) is 20.7 Å². The molecule has 0 spiro atoms. The highest BCUT2D eigenvalue weighted by atomic mass is 16.6. The molecule has 3 aromatic carbocycles. The molecule has 0 fully saturated rings. The van der Waals surface area contributed by atoms with E-state index in [0.717, 1.165) is 17.5 Å². The molecule has 3 aromatic rings. The smallest absolute Gasteiger partial charge is 0.349 e. The third-order valence-electron chi connectivity index (χ3n) is 4.66. The van der Waals surface area contributed by atoms with Crippen molar-refractivity contribution in [3.63, 3.8) is 0 Å². The van der Waals surface area contributed by atoms with Crippen LogP contribution in [0.5, 0.6) is 5.75 Å². The van der Waals surface area contributed by atoms with E-state index in [9.17, 15) is 9.59 Å². The molecule has 0 amide bonds. The van der Waals surface area contributed by atoms with Gasteiger partial charge in [-0.2, -0.15) is 0 Å². The quantitative estimate of drug-likeness (QED) is 0.294. The third-order valence-corrected chi connectivity index (χ3v) is 4.66. The number of hydrogen-bond donors (Lipinski definition) is 0. The van der Waals surface area contributed by atoms with E-state index < -0.39 is 18.5 Å². The largest absolute Gasteiger partial charge is 0.450 e. The molecule has 0 aliphatic heterocycles. The molecule has 0 aromatic heterocycles. The molecule has 0 aliphatic carbocycles. The summed E-state index contributed by atoms with van der Waals surface area (Å²) in [6, 6.07) is 24.0. The summed E-state index contributed by atoms with van der Waals surface area (Å²) in [7, 11) is 0. The Bertz CT molecular complexity index is 1050. The topological polar surface area (TPSA) is 52.6 Å². The molecule has 0 unspecified atom stereocenters. The minimum Gasteiger partial charge on any atom is -0.450 e. The SMILES string of the molecule is C=C(C)C(=O)OCC(=O)Oc1ccc(-c2ccc(-c3ccccc3)c(CC)c2)cc1. The first-order chi connectivity index (χ1) is 14.5. The Morgan fingerprint density at radius 1 is 0.867 bits per heavy atom. The van der Waals surface area contributed by atoms with E-state index in [1.807, 2.05) is 30.3 Å². The van der Waals surface area contributed by atoms with E-state index in [1.165, 1.54) is 23.6 Å². The average Bonchev–Trinajstić information content (AvgIpc) is 2.78. The van der Waals surface area contributed by atoms with Crippen LogP contribution in [0, 0.1) is 0 Å². The zero-order valence-electron chi connectivity index (χ0n) is 17.2. The summed E-state index contributed by atoms with van der Waals surface area (Å²) >= 11 is 0. The minimum atomic E-state index is -0.641. The number of rotatable bonds is 7. The van der Waals surface area contributed by atoms with Gasteiger partial charge in [0.05, 0.1) is 0 Å². The van der Waals surface area contributed by atoms with Gasteiger partial charge in [-0.25, -0.2) is 9.59 Å². The first-order valence-corrected chi connectivity index (χ1v) is 9.80. The first kappa shape index (κ1) is 21.1. The molecule has 4 nitrogen and oxygen atoms in total. The molecule has 0 N–H and O–H groups in total. The van der Waals surface area contributed by atoms with Gasteiger partial charge in [-0.1, -0.05) is 74.2 Å². The molecular weight excluding hydrogens is 376 g/mol. The molecule has 30 heavy (non-hydrogen) atoms. The normalized spacial score (nSPS) is 10.3. The number of hydrogen-bond acceptors (Lipinski definition) is 4. The van der Waals surface area contributed by atoms with Crippen molar-refractivity contribution in [2.24, 2.45) is 0 Å². The summed E-state index contributed by atoms with van der Waals surface area (Å²) in [5.41, 5.74) is 6.07. The number of ether oxygens (including phenoxy) is 2. The van der Waals surface area contributed by atoms with E-state index in [-0.39, 0.29) is 5.57 Å². The molecule has 0 saturated carbocycles. The van der Waals surface area contributed by atoms with Gasteiger partial charge in [-0.3, -0.25) is 0 Å². The van der Waals surface area contributed by atoms with E-state index in [2.05, 4.69) is 43.8 Å². The zero-order chi connectivity index (χ0) is 21.5. The van der Waals surface area contributed by atoms with E-state index in [1.54, 1.807) is 12.1 Å². The first-order valence-electron chi connectivity index (χ1n) is 9.80. The molecular formula is C26H24O4. The third kappa shape index (κ3) is 5.23. The van der Waals surface area contributed by atoms with Crippen LogP contribution in [-0.4, -0.2) is 18.5 Å². The molecule has 0 aliphatic rings. The van der Waals surface area contributed by atoms with Crippen LogP contribution in [0.25, 0.3) is 22.3 Å². The Labute approximate surface area is 176 Å². The van der Waals surface area contributed by atoms with Gasteiger partial charge >= 0.3 is 11.9 Å². The van der Waals surface area contributed by atoms with Gasteiger partial charge in [0.1, 0.15) is 5.75 Å². The number of benzene rings is 3. The summed E-state index contributed by atoms with van der Waals surface area (Å²) in [5, 5.41) is 0. The van der Waals surface area contributed by atoms with Crippen molar-refractivity contribution < 1.29 is 19.1 Å². The second-order valence-electron chi connectivity index (χ2n) is 6.95. The zero-order valence-corrected chi connectivity index (χ0v) is 17.2. The predicted molar refractivity (Wildman–Crippen MR) is 118 cm³/mol. The van der Waals surface area contributed by atoms with Gasteiger partial charge in [0, 0.05) is 5.57 Å². The minimum absolute atomic E-state index is 0.233. The Hall–Kier alpha value is -3.66. The van der Waals surface area contributed by atoms with Crippen LogP contribution in [0.1, 0.15) is 19.4 Å². The highest BCUT2D eigenvalue weighted by Crippen LogP contribution is 2.30. The van der Waals surface area contributed by atoms with Gasteiger partial charge in [0.25, 0.3) is 0 Å². The van der Waals surface area contributed by atoms with Crippen molar-refractivity contribution >= 4 is 11.9 Å². The predicted octanol–water partition coefficient (Wildman–Crippen LogP) is 5.61. The Kier molecular flexibility index (Phi) is 6.81.